The lowest BCUT2D eigenvalue weighted by atomic mass is 10.1. The number of benzene rings is 1. The van der Waals surface area contributed by atoms with Crippen LogP contribution in [0.25, 0.3) is 16.9 Å². The zero-order chi connectivity index (χ0) is 21.0. The molecule has 0 radical (unpaired) electrons. The van der Waals surface area contributed by atoms with Crippen molar-refractivity contribution in [3.05, 3.63) is 59.3 Å². The van der Waals surface area contributed by atoms with Crippen LogP contribution in [0.4, 0.5) is 0 Å². The van der Waals surface area contributed by atoms with Crippen molar-refractivity contribution < 1.29 is 11.6 Å². The Labute approximate surface area is 143 Å². The fraction of sp³-hybridized carbons (Fsp3) is 0.263. The molecule has 0 saturated heterocycles. The Morgan fingerprint density at radius 1 is 1.22 bits per heavy atom. The van der Waals surface area contributed by atoms with E-state index >= 15 is 0 Å². The molecule has 3 aromatic rings. The monoisotopic (exact) mass is 312 g/mol. The van der Waals surface area contributed by atoms with Crippen LogP contribution in [0.1, 0.15) is 23.7 Å². The molecule has 0 saturated carbocycles. The number of pyridine rings is 1. The number of carbonyl (C=O) groups excluding carboxylic acids is 1. The third-order valence-electron chi connectivity index (χ3n) is 3.48. The van der Waals surface area contributed by atoms with E-state index in [2.05, 4.69) is 4.98 Å². The molecule has 3 rings (SSSR count). The lowest BCUT2D eigenvalue weighted by molar-refractivity contribution is -0.128. The quantitative estimate of drug-likeness (QED) is 0.744. The summed E-state index contributed by atoms with van der Waals surface area (Å²) in [7, 11) is 2.92. The van der Waals surface area contributed by atoms with Crippen molar-refractivity contribution in [2.24, 2.45) is 0 Å². The Morgan fingerprint density at radius 3 is 2.57 bits per heavy atom. The summed E-state index contributed by atoms with van der Waals surface area (Å²) in [6.45, 7) is 3.45. The molecule has 2 aromatic heterocycles. The highest BCUT2D eigenvalue weighted by Gasteiger charge is 2.18. The van der Waals surface area contributed by atoms with Crippen molar-refractivity contribution in [2.45, 2.75) is 20.2 Å². The lowest BCUT2D eigenvalue weighted by Crippen LogP contribution is -2.24. The van der Waals surface area contributed by atoms with E-state index in [-0.39, 0.29) is 40.9 Å². The SMILES string of the molecule is [2H]c1c(C)c([2H])n2c(C([2H])([2H])C(=O)N(C)C)c(-c3ccc(C)cc3)nc2c1[2H]. The predicted molar refractivity (Wildman–Crippen MR) is 92.5 cm³/mol. The molecular weight excluding hydrogens is 286 g/mol. The summed E-state index contributed by atoms with van der Waals surface area (Å²) >= 11 is 0. The van der Waals surface area contributed by atoms with E-state index in [9.17, 15) is 4.79 Å². The molecule has 0 aliphatic heterocycles. The van der Waals surface area contributed by atoms with Crippen LogP contribution in [-0.2, 0) is 11.2 Å². The topological polar surface area (TPSA) is 37.6 Å². The number of imidazole rings is 1. The highest BCUT2D eigenvalue weighted by Crippen LogP contribution is 2.26. The van der Waals surface area contributed by atoms with Gasteiger partial charge in [-0.15, -0.1) is 0 Å². The lowest BCUT2D eigenvalue weighted by Gasteiger charge is -2.11. The van der Waals surface area contributed by atoms with E-state index in [0.717, 1.165) is 10.5 Å². The standard InChI is InChI=1S/C19H21N3O/c1-13-5-8-15(9-6-13)19-16(11-18(23)21(3)4)22-12-14(2)7-10-17(22)20-19/h5-10,12H,11H2,1-4H3/i7D,10D,11D2,12D. The van der Waals surface area contributed by atoms with Crippen LogP contribution in [0.2, 0.25) is 0 Å². The Balaban J connectivity index is 2.50. The first-order valence-electron chi connectivity index (χ1n) is 9.76. The molecule has 0 aliphatic carbocycles. The number of aromatic nitrogens is 2. The largest absolute Gasteiger partial charge is 0.348 e. The third-order valence-corrected chi connectivity index (χ3v) is 3.48. The van der Waals surface area contributed by atoms with Gasteiger partial charge in [-0.05, 0) is 25.5 Å². The minimum Gasteiger partial charge on any atom is -0.348 e. The van der Waals surface area contributed by atoms with Crippen molar-refractivity contribution in [3.8, 4) is 11.3 Å². The fourth-order valence-electron chi connectivity index (χ4n) is 2.20. The second-order valence-corrected chi connectivity index (χ2v) is 5.65. The normalized spacial score (nSPS) is 14.7. The van der Waals surface area contributed by atoms with Gasteiger partial charge in [0.25, 0.3) is 0 Å². The van der Waals surface area contributed by atoms with Gasteiger partial charge in [-0.2, -0.15) is 0 Å². The Morgan fingerprint density at radius 2 is 1.91 bits per heavy atom. The fourth-order valence-corrected chi connectivity index (χ4v) is 2.20. The molecule has 2 heterocycles. The average molecular weight is 312 g/mol. The second-order valence-electron chi connectivity index (χ2n) is 5.65. The molecule has 0 atom stereocenters. The van der Waals surface area contributed by atoms with Crippen LogP contribution in [-0.4, -0.2) is 34.3 Å². The van der Waals surface area contributed by atoms with Gasteiger partial charge < -0.3 is 9.30 Å². The molecule has 0 spiro atoms. The Hall–Kier alpha value is -2.62. The van der Waals surface area contributed by atoms with Crippen molar-refractivity contribution in [1.82, 2.24) is 14.3 Å². The average Bonchev–Trinajstić information content (AvgIpc) is 3.06. The first-order chi connectivity index (χ1) is 13.0. The van der Waals surface area contributed by atoms with Crippen molar-refractivity contribution in [1.29, 1.82) is 0 Å². The molecule has 0 aliphatic rings. The minimum atomic E-state index is -2.48. The number of hydrogen-bond donors (Lipinski definition) is 0. The Bertz CT molecular complexity index is 1090. The van der Waals surface area contributed by atoms with E-state index in [1.54, 1.807) is 12.1 Å². The number of nitrogens with zero attached hydrogens (tertiary/aromatic N) is 3. The zero-order valence-electron chi connectivity index (χ0n) is 18.6. The molecule has 118 valence electrons. The molecular formula is C19H21N3O. The van der Waals surface area contributed by atoms with Gasteiger partial charge in [0.1, 0.15) is 5.65 Å². The summed E-state index contributed by atoms with van der Waals surface area (Å²) in [5.74, 6) is -0.791. The maximum Gasteiger partial charge on any atom is 0.228 e. The van der Waals surface area contributed by atoms with Gasteiger partial charge in [-0.1, -0.05) is 35.9 Å². The van der Waals surface area contributed by atoms with Crippen LogP contribution in [0.3, 0.4) is 0 Å². The molecule has 0 fully saturated rings. The maximum absolute atomic E-state index is 12.7. The predicted octanol–water partition coefficient (Wildman–Crippen LogP) is 3.25. The van der Waals surface area contributed by atoms with Crippen LogP contribution >= 0.6 is 0 Å². The first-order valence-corrected chi connectivity index (χ1v) is 7.26. The van der Waals surface area contributed by atoms with Gasteiger partial charge in [-0.3, -0.25) is 4.79 Å². The zero-order valence-corrected chi connectivity index (χ0v) is 13.6. The minimum absolute atomic E-state index is 0.0124. The highest BCUT2D eigenvalue weighted by molar-refractivity contribution is 5.81. The van der Waals surface area contributed by atoms with Crippen molar-refractivity contribution in [3.63, 3.8) is 0 Å². The molecule has 0 unspecified atom stereocenters. The van der Waals surface area contributed by atoms with Crippen molar-refractivity contribution in [2.75, 3.05) is 14.1 Å². The van der Waals surface area contributed by atoms with Gasteiger partial charge in [0.05, 0.1) is 21.9 Å². The van der Waals surface area contributed by atoms with E-state index < -0.39 is 12.3 Å². The van der Waals surface area contributed by atoms with Gasteiger partial charge in [0, 0.05) is 28.6 Å². The molecule has 4 nitrogen and oxygen atoms in total. The van der Waals surface area contributed by atoms with E-state index in [1.807, 2.05) is 19.1 Å². The third kappa shape index (κ3) is 2.97. The number of aryl methyl sites for hydroxylation is 1. The summed E-state index contributed by atoms with van der Waals surface area (Å²) in [5.41, 5.74) is 1.87. The Kier molecular flexibility index (Phi) is 2.61. The van der Waals surface area contributed by atoms with Gasteiger partial charge in [-0.25, -0.2) is 4.98 Å². The van der Waals surface area contributed by atoms with Gasteiger partial charge >= 0.3 is 0 Å². The number of likely N-dealkylation sites (N-methyl/N-ethyl adjacent to an activating group) is 1. The van der Waals surface area contributed by atoms with Crippen molar-refractivity contribution >= 4 is 11.6 Å². The molecule has 23 heavy (non-hydrogen) atoms. The number of amides is 1. The van der Waals surface area contributed by atoms with E-state index in [1.165, 1.54) is 25.4 Å². The summed E-state index contributed by atoms with van der Waals surface area (Å²) in [4.78, 5) is 18.2. The second kappa shape index (κ2) is 5.88. The molecule has 0 bridgehead atoms. The van der Waals surface area contributed by atoms with Crippen LogP contribution in [0.15, 0.2) is 42.5 Å². The summed E-state index contributed by atoms with van der Waals surface area (Å²) < 4.78 is 43.0. The molecule has 1 aromatic carbocycles. The van der Waals surface area contributed by atoms with Crippen LogP contribution < -0.4 is 0 Å². The summed E-state index contributed by atoms with van der Waals surface area (Å²) in [6.07, 6.45) is -2.64. The van der Waals surface area contributed by atoms with Gasteiger partial charge in [0.2, 0.25) is 5.91 Å². The maximum atomic E-state index is 12.7. The number of fused-ring (bicyclic) bond motifs is 1. The number of rotatable bonds is 3. The number of hydrogen-bond acceptors (Lipinski definition) is 2. The summed E-state index contributed by atoms with van der Waals surface area (Å²) in [5, 5.41) is 0. The van der Waals surface area contributed by atoms with E-state index in [4.69, 9.17) is 6.85 Å². The summed E-state index contributed by atoms with van der Waals surface area (Å²) in [6, 6.07) is 6.87. The highest BCUT2D eigenvalue weighted by atomic mass is 16.2. The van der Waals surface area contributed by atoms with E-state index in [0.29, 0.717) is 5.56 Å². The number of carbonyl (C=O) groups is 1. The molecule has 4 heteroatoms. The molecule has 1 amide bonds. The smallest absolute Gasteiger partial charge is 0.228 e. The van der Waals surface area contributed by atoms with Gasteiger partial charge in [0.15, 0.2) is 0 Å². The first kappa shape index (κ1) is 10.2. The van der Waals surface area contributed by atoms with Crippen LogP contribution in [0.5, 0.6) is 0 Å². The molecule has 0 N–H and O–H groups in total. The van der Waals surface area contributed by atoms with Crippen LogP contribution in [0, 0.1) is 13.8 Å².